The van der Waals surface area contributed by atoms with Crippen molar-refractivity contribution in [1.82, 2.24) is 10.0 Å². The average Bonchev–Trinajstić information content (AvgIpc) is 2.71. The maximum Gasteiger partial charge on any atom is 0.255 e. The third kappa shape index (κ3) is 5.43. The normalized spacial score (nSPS) is 11.3. The van der Waals surface area contributed by atoms with Crippen LogP contribution in [0.4, 0.5) is 4.39 Å². The van der Waals surface area contributed by atoms with Gasteiger partial charge in [-0.05, 0) is 60.0 Å². The zero-order valence-electron chi connectivity index (χ0n) is 16.2. The van der Waals surface area contributed by atoms with Gasteiger partial charge in [0, 0.05) is 13.1 Å². The molecule has 0 unspecified atom stereocenters. The summed E-state index contributed by atoms with van der Waals surface area (Å²) in [5.74, 6) is -1.03. The molecule has 1 amide bonds. The van der Waals surface area contributed by atoms with E-state index in [0.29, 0.717) is 11.1 Å². The van der Waals surface area contributed by atoms with Crippen molar-refractivity contribution in [2.75, 3.05) is 0 Å². The van der Waals surface area contributed by atoms with Crippen LogP contribution in [0, 0.1) is 12.7 Å². The van der Waals surface area contributed by atoms with Crippen molar-refractivity contribution in [3.8, 4) is 5.75 Å². The summed E-state index contributed by atoms with van der Waals surface area (Å²) < 4.78 is 40.8. The minimum atomic E-state index is -3.82. The van der Waals surface area contributed by atoms with E-state index in [1.807, 2.05) is 0 Å². The first-order valence-corrected chi connectivity index (χ1v) is 10.6. The summed E-state index contributed by atoms with van der Waals surface area (Å²) in [4.78, 5) is 12.3. The first-order chi connectivity index (χ1) is 14.2. The molecule has 0 bridgehead atoms. The molecule has 0 aliphatic rings. The third-order valence-corrected chi connectivity index (χ3v) is 5.81. The Morgan fingerprint density at radius 1 is 0.967 bits per heavy atom. The second kappa shape index (κ2) is 9.06. The Labute approximate surface area is 174 Å². The van der Waals surface area contributed by atoms with Crippen molar-refractivity contribution in [2.45, 2.75) is 24.9 Å². The number of benzene rings is 3. The van der Waals surface area contributed by atoms with Crippen LogP contribution in [0.3, 0.4) is 0 Å². The Balaban J connectivity index is 1.66. The largest absolute Gasteiger partial charge is 0.507 e. The maximum absolute atomic E-state index is 13.3. The summed E-state index contributed by atoms with van der Waals surface area (Å²) in [6.07, 6.45) is 0. The van der Waals surface area contributed by atoms with Gasteiger partial charge in [0.15, 0.2) is 0 Å². The second-order valence-corrected chi connectivity index (χ2v) is 8.57. The van der Waals surface area contributed by atoms with Crippen LogP contribution >= 0.6 is 0 Å². The molecule has 0 aliphatic heterocycles. The van der Waals surface area contributed by atoms with Crippen molar-refractivity contribution in [2.24, 2.45) is 0 Å². The van der Waals surface area contributed by atoms with E-state index in [2.05, 4.69) is 10.0 Å². The number of halogens is 1. The number of aryl methyl sites for hydroxylation is 1. The van der Waals surface area contributed by atoms with Crippen LogP contribution in [0.25, 0.3) is 0 Å². The minimum absolute atomic E-state index is 0.0313. The van der Waals surface area contributed by atoms with Crippen molar-refractivity contribution in [3.63, 3.8) is 0 Å². The first kappa shape index (κ1) is 21.5. The van der Waals surface area contributed by atoms with E-state index < -0.39 is 21.7 Å². The van der Waals surface area contributed by atoms with Crippen LogP contribution in [-0.2, 0) is 23.1 Å². The van der Waals surface area contributed by atoms with Crippen LogP contribution in [0.15, 0.2) is 71.6 Å². The Kier molecular flexibility index (Phi) is 6.49. The minimum Gasteiger partial charge on any atom is -0.507 e. The van der Waals surface area contributed by atoms with Gasteiger partial charge in [-0.3, -0.25) is 4.79 Å². The first-order valence-electron chi connectivity index (χ1n) is 9.15. The van der Waals surface area contributed by atoms with Gasteiger partial charge >= 0.3 is 0 Å². The molecule has 156 valence electrons. The number of sulfonamides is 1. The van der Waals surface area contributed by atoms with Crippen LogP contribution in [-0.4, -0.2) is 19.4 Å². The SMILES string of the molecule is Cc1ccc(C(=O)NCc2cccc(S(=O)(=O)NCc3cccc(F)c3)c2)c(O)c1. The Hall–Kier alpha value is -3.23. The van der Waals surface area contributed by atoms with Crippen molar-refractivity contribution < 1.29 is 22.7 Å². The summed E-state index contributed by atoms with van der Waals surface area (Å²) >= 11 is 0. The summed E-state index contributed by atoms with van der Waals surface area (Å²) in [7, 11) is -3.82. The number of amides is 1. The van der Waals surface area contributed by atoms with Gasteiger partial charge in [-0.15, -0.1) is 0 Å². The molecule has 3 aromatic rings. The number of hydrogen-bond donors (Lipinski definition) is 3. The molecule has 3 rings (SSSR count). The smallest absolute Gasteiger partial charge is 0.255 e. The van der Waals surface area contributed by atoms with Gasteiger partial charge in [0.1, 0.15) is 11.6 Å². The monoisotopic (exact) mass is 428 g/mol. The predicted molar refractivity (Wildman–Crippen MR) is 111 cm³/mol. The highest BCUT2D eigenvalue weighted by Gasteiger charge is 2.15. The van der Waals surface area contributed by atoms with Crippen molar-refractivity contribution in [1.29, 1.82) is 0 Å². The number of rotatable bonds is 7. The molecule has 30 heavy (non-hydrogen) atoms. The van der Waals surface area contributed by atoms with E-state index in [4.69, 9.17) is 0 Å². The van der Waals surface area contributed by atoms with E-state index in [1.165, 1.54) is 42.5 Å². The molecule has 0 saturated carbocycles. The van der Waals surface area contributed by atoms with Crippen molar-refractivity contribution in [3.05, 3.63) is 94.8 Å². The number of carbonyl (C=O) groups excluding carboxylic acids is 1. The summed E-state index contributed by atoms with van der Waals surface area (Å²) in [6, 6.07) is 16.5. The van der Waals surface area contributed by atoms with Gasteiger partial charge in [0.25, 0.3) is 5.91 Å². The number of aromatic hydroxyl groups is 1. The summed E-state index contributed by atoms with van der Waals surface area (Å²) in [5, 5.41) is 12.6. The molecule has 0 aromatic heterocycles. The van der Waals surface area contributed by atoms with E-state index in [-0.39, 0.29) is 29.3 Å². The highest BCUT2D eigenvalue weighted by Crippen LogP contribution is 2.18. The highest BCUT2D eigenvalue weighted by molar-refractivity contribution is 7.89. The van der Waals surface area contributed by atoms with Gasteiger partial charge in [-0.2, -0.15) is 0 Å². The standard InChI is InChI=1S/C22H21FN2O4S/c1-15-8-9-20(21(26)10-15)22(27)24-13-17-5-3-7-19(12-17)30(28,29)25-14-16-4-2-6-18(23)11-16/h2-12,25-26H,13-14H2,1H3,(H,24,27). The van der Waals surface area contributed by atoms with Gasteiger partial charge < -0.3 is 10.4 Å². The van der Waals surface area contributed by atoms with E-state index in [0.717, 1.165) is 5.56 Å². The lowest BCUT2D eigenvalue weighted by Crippen LogP contribution is -2.25. The fourth-order valence-corrected chi connectivity index (χ4v) is 3.93. The molecule has 3 aromatic carbocycles. The number of carbonyl (C=O) groups is 1. The van der Waals surface area contributed by atoms with Gasteiger partial charge in [0.05, 0.1) is 10.5 Å². The van der Waals surface area contributed by atoms with Crippen LogP contribution in [0.2, 0.25) is 0 Å². The highest BCUT2D eigenvalue weighted by atomic mass is 32.2. The molecule has 0 heterocycles. The zero-order valence-corrected chi connectivity index (χ0v) is 17.0. The molecule has 0 spiro atoms. The number of hydrogen-bond acceptors (Lipinski definition) is 4. The van der Waals surface area contributed by atoms with Crippen LogP contribution in [0.1, 0.15) is 27.0 Å². The zero-order chi connectivity index (χ0) is 21.7. The molecular formula is C22H21FN2O4S. The van der Waals surface area contributed by atoms with Gasteiger partial charge in [-0.25, -0.2) is 17.5 Å². The number of phenols is 1. The molecule has 6 nitrogen and oxygen atoms in total. The molecule has 3 N–H and O–H groups in total. The molecular weight excluding hydrogens is 407 g/mol. The van der Waals surface area contributed by atoms with E-state index in [9.17, 15) is 22.7 Å². The van der Waals surface area contributed by atoms with Gasteiger partial charge in [0.2, 0.25) is 10.0 Å². The fourth-order valence-electron chi connectivity index (χ4n) is 2.84. The average molecular weight is 428 g/mol. The number of nitrogens with one attached hydrogen (secondary N) is 2. The van der Waals surface area contributed by atoms with Crippen LogP contribution in [0.5, 0.6) is 5.75 Å². The molecule has 0 atom stereocenters. The Bertz CT molecular complexity index is 1180. The maximum atomic E-state index is 13.3. The Morgan fingerprint density at radius 2 is 1.67 bits per heavy atom. The third-order valence-electron chi connectivity index (χ3n) is 4.42. The van der Waals surface area contributed by atoms with Crippen LogP contribution < -0.4 is 10.0 Å². The number of phenolic OH excluding ortho intramolecular Hbond substituents is 1. The lowest BCUT2D eigenvalue weighted by molar-refractivity contribution is 0.0948. The fraction of sp³-hybridized carbons (Fsp3) is 0.136. The summed E-state index contributed by atoms with van der Waals surface area (Å²) in [6.45, 7) is 1.84. The summed E-state index contributed by atoms with van der Waals surface area (Å²) in [5.41, 5.74) is 2.04. The van der Waals surface area contributed by atoms with Crippen molar-refractivity contribution >= 4 is 15.9 Å². The topological polar surface area (TPSA) is 95.5 Å². The van der Waals surface area contributed by atoms with E-state index in [1.54, 1.807) is 31.2 Å². The van der Waals surface area contributed by atoms with E-state index >= 15 is 0 Å². The quantitative estimate of drug-likeness (QED) is 0.538. The van der Waals surface area contributed by atoms with Gasteiger partial charge in [-0.1, -0.05) is 30.3 Å². The lowest BCUT2D eigenvalue weighted by Gasteiger charge is -2.10. The molecule has 0 saturated heterocycles. The molecule has 0 fully saturated rings. The second-order valence-electron chi connectivity index (χ2n) is 6.81. The molecule has 8 heteroatoms. The predicted octanol–water partition coefficient (Wildman–Crippen LogP) is 3.25. The molecule has 0 aliphatic carbocycles. The Morgan fingerprint density at radius 3 is 2.37 bits per heavy atom. The lowest BCUT2D eigenvalue weighted by atomic mass is 10.1. The molecule has 0 radical (unpaired) electrons.